The van der Waals surface area contributed by atoms with E-state index < -0.39 is 23.8 Å². The molecule has 1 aliphatic heterocycles. The Morgan fingerprint density at radius 3 is 2.45 bits per heavy atom. The molecule has 1 amide bonds. The minimum Gasteiger partial charge on any atom is -0.459 e. The smallest absolute Gasteiger partial charge is 0.410 e. The molecule has 2 aliphatic carbocycles. The molecule has 1 saturated carbocycles. The number of hydrogen-bond donors (Lipinski definition) is 3. The van der Waals surface area contributed by atoms with Crippen molar-refractivity contribution in [2.45, 2.75) is 74.5 Å². The monoisotopic (exact) mass is 782 g/mol. The van der Waals surface area contributed by atoms with Gasteiger partial charge in [-0.1, -0.05) is 30.1 Å². The standard InChI is InChI=1S/C42H58N2O10S/c1-5-23-52-42-38(44(41(48)51-6-2)19-24-50-25-22-47)28-36(43-49-3)34-26-29(11-7-9-20-45)33(12-8-10-21-46)39(40(34)42)35-27-31(15-18-37(35)54-42)53-30-13-16-32(55-4)17-14-30/h5,13-18,26-27,29,33,38-40,45-47H,1,6-12,19-25,28H2,2-4H3. The molecule has 2 aromatic carbocycles. The van der Waals surface area contributed by atoms with E-state index >= 15 is 0 Å². The van der Waals surface area contributed by atoms with Gasteiger partial charge in [-0.3, -0.25) is 4.90 Å². The van der Waals surface area contributed by atoms with Crippen molar-refractivity contribution in [3.63, 3.8) is 0 Å². The second-order valence-corrected chi connectivity index (χ2v) is 14.8. The summed E-state index contributed by atoms with van der Waals surface area (Å²) in [6.07, 6.45) is 10.3. The van der Waals surface area contributed by atoms with Gasteiger partial charge in [0.1, 0.15) is 30.4 Å². The number of aliphatic hydroxyl groups excluding tert-OH is 3. The van der Waals surface area contributed by atoms with Crippen molar-refractivity contribution in [1.82, 2.24) is 4.90 Å². The van der Waals surface area contributed by atoms with E-state index in [4.69, 9.17) is 28.5 Å². The first-order chi connectivity index (χ1) is 26.9. The Labute approximate surface area is 329 Å². The third-order valence-electron chi connectivity index (χ3n) is 10.7. The molecule has 5 rings (SSSR count). The quantitative estimate of drug-likeness (QED) is 0.0494. The fourth-order valence-corrected chi connectivity index (χ4v) is 8.92. The highest BCUT2D eigenvalue weighted by Gasteiger charge is 2.65. The number of aliphatic hydroxyl groups is 3. The fourth-order valence-electron chi connectivity index (χ4n) is 8.51. The Bertz CT molecular complexity index is 1600. The zero-order valence-corrected chi connectivity index (χ0v) is 33.2. The third kappa shape index (κ3) is 9.87. The molecule has 55 heavy (non-hydrogen) atoms. The number of fused-ring (bicyclic) bond motifs is 2. The summed E-state index contributed by atoms with van der Waals surface area (Å²) in [7, 11) is 1.52. The van der Waals surface area contributed by atoms with Crippen LogP contribution in [0.15, 0.2) is 76.8 Å². The van der Waals surface area contributed by atoms with Gasteiger partial charge in [0.25, 0.3) is 0 Å². The van der Waals surface area contributed by atoms with E-state index in [0.717, 1.165) is 41.7 Å². The molecule has 12 nitrogen and oxygen atoms in total. The summed E-state index contributed by atoms with van der Waals surface area (Å²) in [4.78, 5) is 22.2. The van der Waals surface area contributed by atoms with Crippen LogP contribution in [0.5, 0.6) is 17.2 Å². The van der Waals surface area contributed by atoms with Gasteiger partial charge in [0, 0.05) is 42.6 Å². The highest BCUT2D eigenvalue weighted by atomic mass is 32.2. The molecule has 3 N–H and O–H groups in total. The average molecular weight is 783 g/mol. The fraction of sp³-hybridized carbons (Fsp3) is 0.571. The predicted octanol–water partition coefficient (Wildman–Crippen LogP) is 6.93. The molecule has 6 atom stereocenters. The van der Waals surface area contributed by atoms with Crippen LogP contribution in [-0.4, -0.2) is 110 Å². The van der Waals surface area contributed by atoms with E-state index in [2.05, 4.69) is 23.9 Å². The van der Waals surface area contributed by atoms with Crippen LogP contribution >= 0.6 is 11.8 Å². The minimum absolute atomic E-state index is 0.0657. The molecule has 2 aromatic rings. The maximum Gasteiger partial charge on any atom is 0.410 e. The molecule has 302 valence electrons. The number of carbonyl (C=O) groups excluding carboxylic acids is 1. The summed E-state index contributed by atoms with van der Waals surface area (Å²) in [6, 6.07) is 13.1. The summed E-state index contributed by atoms with van der Waals surface area (Å²) >= 11 is 1.67. The molecular formula is C42H58N2O10S. The Morgan fingerprint density at radius 1 is 1.04 bits per heavy atom. The van der Waals surface area contributed by atoms with E-state index in [9.17, 15) is 20.1 Å². The molecule has 6 unspecified atom stereocenters. The highest BCUT2D eigenvalue weighted by Crippen LogP contribution is 2.62. The van der Waals surface area contributed by atoms with E-state index in [1.165, 1.54) is 7.11 Å². The van der Waals surface area contributed by atoms with Gasteiger partial charge in [-0.2, -0.15) is 0 Å². The van der Waals surface area contributed by atoms with Gasteiger partial charge in [-0.15, -0.1) is 18.3 Å². The van der Waals surface area contributed by atoms with Crippen LogP contribution in [0.1, 0.15) is 63.4 Å². The Kier molecular flexibility index (Phi) is 16.3. The van der Waals surface area contributed by atoms with Crippen LogP contribution in [0, 0.1) is 17.8 Å². The van der Waals surface area contributed by atoms with E-state index in [1.807, 2.05) is 42.7 Å². The van der Waals surface area contributed by atoms with Crippen molar-refractivity contribution in [2.75, 3.05) is 66.2 Å². The molecule has 3 aliphatic rings. The normalized spacial score (nSPS) is 24.6. The first-order valence-corrected chi connectivity index (χ1v) is 20.7. The van der Waals surface area contributed by atoms with Crippen LogP contribution in [-0.2, 0) is 19.0 Å². The van der Waals surface area contributed by atoms with Crippen molar-refractivity contribution in [1.29, 1.82) is 0 Å². The number of oxime groups is 1. The van der Waals surface area contributed by atoms with Gasteiger partial charge in [0.05, 0.1) is 44.7 Å². The Balaban J connectivity index is 1.74. The lowest BCUT2D eigenvalue weighted by Crippen LogP contribution is -2.70. The van der Waals surface area contributed by atoms with Crippen LogP contribution in [0.4, 0.5) is 4.79 Å². The van der Waals surface area contributed by atoms with Gasteiger partial charge < -0.3 is 43.8 Å². The molecule has 0 aromatic heterocycles. The number of hydrogen-bond acceptors (Lipinski definition) is 12. The Morgan fingerprint density at radius 2 is 1.78 bits per heavy atom. The molecule has 0 saturated heterocycles. The summed E-state index contributed by atoms with van der Waals surface area (Å²) in [5.74, 6) is 0.0690. The predicted molar refractivity (Wildman–Crippen MR) is 212 cm³/mol. The molecule has 1 fully saturated rings. The summed E-state index contributed by atoms with van der Waals surface area (Å²) in [5.41, 5.74) is 2.57. The number of rotatable bonds is 22. The number of amides is 1. The molecule has 0 radical (unpaired) electrons. The van der Waals surface area contributed by atoms with Gasteiger partial charge in [-0.05, 0) is 98.7 Å². The summed E-state index contributed by atoms with van der Waals surface area (Å²) in [5, 5.41) is 33.7. The maximum atomic E-state index is 14.0. The van der Waals surface area contributed by atoms with E-state index in [0.29, 0.717) is 35.8 Å². The average Bonchev–Trinajstić information content (AvgIpc) is 3.19. The van der Waals surface area contributed by atoms with Gasteiger partial charge in [-0.25, -0.2) is 4.79 Å². The lowest BCUT2D eigenvalue weighted by atomic mass is 9.55. The largest absolute Gasteiger partial charge is 0.459 e. The van der Waals surface area contributed by atoms with Gasteiger partial charge >= 0.3 is 6.09 Å². The van der Waals surface area contributed by atoms with Crippen molar-refractivity contribution in [2.24, 2.45) is 22.9 Å². The number of ether oxygens (including phenoxy) is 5. The first kappa shape index (κ1) is 42.6. The van der Waals surface area contributed by atoms with E-state index in [-0.39, 0.29) is 77.0 Å². The lowest BCUT2D eigenvalue weighted by molar-refractivity contribution is -0.256. The third-order valence-corrected chi connectivity index (χ3v) is 11.5. The van der Waals surface area contributed by atoms with Crippen molar-refractivity contribution < 1.29 is 48.6 Å². The lowest BCUT2D eigenvalue weighted by Gasteiger charge is -2.59. The van der Waals surface area contributed by atoms with Crippen LogP contribution in [0.2, 0.25) is 0 Å². The molecule has 13 heteroatoms. The maximum absolute atomic E-state index is 14.0. The zero-order chi connectivity index (χ0) is 39.2. The molecule has 0 spiro atoms. The van der Waals surface area contributed by atoms with E-state index in [1.54, 1.807) is 29.7 Å². The molecule has 1 heterocycles. The van der Waals surface area contributed by atoms with Crippen molar-refractivity contribution in [3.05, 3.63) is 72.3 Å². The van der Waals surface area contributed by atoms with Crippen molar-refractivity contribution >= 4 is 23.6 Å². The molecular weight excluding hydrogens is 725 g/mol. The number of thioether (sulfide) groups is 1. The SMILES string of the molecule is C=CCOC12Oc3ccc(Oc4ccc(SC)cc4)cc3C3C(CCCCO)C(CCCCO)C=C(C(=NOC)CC1N(CCOCCO)C(=O)OCC)C32. The number of carbonyl (C=O) groups is 1. The Hall–Kier alpha value is -3.59. The number of unbranched alkanes of at least 4 members (excludes halogenated alkanes) is 2. The van der Waals surface area contributed by atoms with Crippen LogP contribution < -0.4 is 9.47 Å². The van der Waals surface area contributed by atoms with Gasteiger partial charge in [0.15, 0.2) is 0 Å². The van der Waals surface area contributed by atoms with Gasteiger partial charge in [0.2, 0.25) is 5.79 Å². The number of nitrogens with zero attached hydrogens (tertiary/aromatic N) is 2. The zero-order valence-electron chi connectivity index (χ0n) is 32.4. The van der Waals surface area contributed by atoms with Crippen LogP contribution in [0.3, 0.4) is 0 Å². The summed E-state index contributed by atoms with van der Waals surface area (Å²) < 4.78 is 31.9. The second kappa shape index (κ2) is 21.1. The number of allylic oxidation sites excluding steroid dienone is 1. The number of benzene rings is 2. The second-order valence-electron chi connectivity index (χ2n) is 14.0. The van der Waals surface area contributed by atoms with Crippen molar-refractivity contribution in [3.8, 4) is 17.2 Å². The topological polar surface area (TPSA) is 149 Å². The first-order valence-electron chi connectivity index (χ1n) is 19.4. The highest BCUT2D eigenvalue weighted by molar-refractivity contribution is 7.98. The minimum atomic E-state index is -1.42. The molecule has 0 bridgehead atoms. The summed E-state index contributed by atoms with van der Waals surface area (Å²) in [6.45, 7) is 6.50. The van der Waals surface area contributed by atoms with Crippen LogP contribution in [0.25, 0.3) is 0 Å².